The maximum atomic E-state index is 12.4. The lowest BCUT2D eigenvalue weighted by Gasteiger charge is -2.10. The van der Waals surface area contributed by atoms with Crippen molar-refractivity contribution in [2.24, 2.45) is 0 Å². The fraction of sp³-hybridized carbons (Fsp3) is 0.333. The van der Waals surface area contributed by atoms with E-state index < -0.39 is 10.0 Å². The van der Waals surface area contributed by atoms with Crippen molar-refractivity contribution in [3.63, 3.8) is 0 Å². The van der Waals surface area contributed by atoms with E-state index in [2.05, 4.69) is 10.0 Å². The minimum absolute atomic E-state index is 0.192. The highest BCUT2D eigenvalue weighted by Gasteiger charge is 2.14. The highest BCUT2D eigenvalue weighted by Crippen LogP contribution is 2.20. The molecule has 2 N–H and O–H groups in total. The molecule has 0 amide bonds. The van der Waals surface area contributed by atoms with Crippen LogP contribution < -0.4 is 14.8 Å². The average Bonchev–Trinajstić information content (AvgIpc) is 2.61. The minimum atomic E-state index is -3.62. The summed E-state index contributed by atoms with van der Waals surface area (Å²) in [4.78, 5) is 0.192. The molecule has 0 spiro atoms. The van der Waals surface area contributed by atoms with Crippen LogP contribution in [-0.4, -0.2) is 35.3 Å². The number of hydrogen-bond donors (Lipinski definition) is 2. The predicted molar refractivity (Wildman–Crippen MR) is 99.8 cm³/mol. The highest BCUT2D eigenvalue weighted by molar-refractivity contribution is 7.92. The van der Waals surface area contributed by atoms with E-state index >= 15 is 0 Å². The summed E-state index contributed by atoms with van der Waals surface area (Å²) in [6, 6.07) is 13.5. The maximum absolute atomic E-state index is 12.4. The van der Waals surface area contributed by atoms with E-state index in [4.69, 9.17) is 9.47 Å². The molecule has 25 heavy (non-hydrogen) atoms. The van der Waals surface area contributed by atoms with Gasteiger partial charge in [-0.3, -0.25) is 4.72 Å². The molecule has 136 valence electrons. The molecule has 2 rings (SSSR count). The Morgan fingerprint density at radius 3 is 2.20 bits per heavy atom. The van der Waals surface area contributed by atoms with Crippen LogP contribution in [0.15, 0.2) is 53.4 Å². The van der Waals surface area contributed by atoms with Gasteiger partial charge in [0.1, 0.15) is 5.75 Å². The van der Waals surface area contributed by atoms with E-state index in [1.807, 2.05) is 19.1 Å². The van der Waals surface area contributed by atoms with Crippen molar-refractivity contribution in [1.82, 2.24) is 0 Å². The Hall–Kier alpha value is -2.25. The molecular weight excluding hydrogens is 340 g/mol. The van der Waals surface area contributed by atoms with Crippen molar-refractivity contribution in [1.29, 1.82) is 0 Å². The molecule has 0 fully saturated rings. The predicted octanol–water partition coefficient (Wildman–Crippen LogP) is 3.33. The van der Waals surface area contributed by atoms with Gasteiger partial charge in [-0.2, -0.15) is 0 Å². The normalized spacial score (nSPS) is 11.1. The Kier molecular flexibility index (Phi) is 7.09. The molecule has 0 heterocycles. The van der Waals surface area contributed by atoms with Crippen molar-refractivity contribution in [3.05, 3.63) is 48.5 Å². The summed E-state index contributed by atoms with van der Waals surface area (Å²) in [5.41, 5.74) is 1.44. The van der Waals surface area contributed by atoms with Crippen LogP contribution in [0.1, 0.15) is 13.3 Å². The SMILES string of the molecule is CCOc1ccc(S(=O)(=O)Nc2ccc(NCCCOC)cc2)cc1. The Bertz CT molecular complexity index is 744. The minimum Gasteiger partial charge on any atom is -0.494 e. The molecule has 0 saturated heterocycles. The van der Waals surface area contributed by atoms with Crippen LogP contribution in [0.3, 0.4) is 0 Å². The molecule has 0 bridgehead atoms. The van der Waals surface area contributed by atoms with E-state index in [1.165, 1.54) is 12.1 Å². The summed E-state index contributed by atoms with van der Waals surface area (Å²) in [5.74, 6) is 0.644. The van der Waals surface area contributed by atoms with Crippen LogP contribution >= 0.6 is 0 Å². The zero-order chi connectivity index (χ0) is 18.1. The van der Waals surface area contributed by atoms with Gasteiger partial charge in [-0.05, 0) is 61.9 Å². The third kappa shape index (κ3) is 5.95. The van der Waals surface area contributed by atoms with E-state index in [1.54, 1.807) is 31.4 Å². The number of hydrogen-bond acceptors (Lipinski definition) is 5. The lowest BCUT2D eigenvalue weighted by molar-refractivity contribution is 0.198. The molecule has 0 saturated carbocycles. The molecule has 6 nitrogen and oxygen atoms in total. The summed E-state index contributed by atoms with van der Waals surface area (Å²) in [6.07, 6.45) is 0.905. The van der Waals surface area contributed by atoms with Crippen LogP contribution in [0.2, 0.25) is 0 Å². The number of nitrogens with one attached hydrogen (secondary N) is 2. The summed E-state index contributed by atoms with van der Waals surface area (Å²) >= 11 is 0. The fourth-order valence-corrected chi connectivity index (χ4v) is 3.26. The summed E-state index contributed by atoms with van der Waals surface area (Å²) < 4.78 is 37.7. The smallest absolute Gasteiger partial charge is 0.261 e. The monoisotopic (exact) mass is 364 g/mol. The molecule has 0 aliphatic rings. The van der Waals surface area contributed by atoms with Gasteiger partial charge in [0.25, 0.3) is 10.0 Å². The first-order valence-corrected chi connectivity index (χ1v) is 9.62. The molecule has 7 heteroatoms. The number of methoxy groups -OCH3 is 1. The van der Waals surface area contributed by atoms with Gasteiger partial charge in [-0.25, -0.2) is 8.42 Å². The quantitative estimate of drug-likeness (QED) is 0.633. The van der Waals surface area contributed by atoms with E-state index in [0.29, 0.717) is 24.7 Å². The highest BCUT2D eigenvalue weighted by atomic mass is 32.2. The third-order valence-electron chi connectivity index (χ3n) is 3.44. The molecule has 0 aliphatic carbocycles. The maximum Gasteiger partial charge on any atom is 0.261 e. The van der Waals surface area contributed by atoms with Crippen molar-refractivity contribution in [2.75, 3.05) is 36.9 Å². The number of rotatable bonds is 10. The largest absolute Gasteiger partial charge is 0.494 e. The van der Waals surface area contributed by atoms with Crippen LogP contribution in [0.4, 0.5) is 11.4 Å². The van der Waals surface area contributed by atoms with Crippen LogP contribution in [-0.2, 0) is 14.8 Å². The summed E-state index contributed by atoms with van der Waals surface area (Å²) in [7, 11) is -1.95. The van der Waals surface area contributed by atoms with Crippen molar-refractivity contribution < 1.29 is 17.9 Å². The number of sulfonamides is 1. The molecule has 0 aliphatic heterocycles. The second-order valence-electron chi connectivity index (χ2n) is 5.36. The first-order valence-electron chi connectivity index (χ1n) is 8.13. The van der Waals surface area contributed by atoms with Crippen LogP contribution in [0, 0.1) is 0 Å². The van der Waals surface area contributed by atoms with Crippen LogP contribution in [0.5, 0.6) is 5.75 Å². The second kappa shape index (κ2) is 9.29. The lowest BCUT2D eigenvalue weighted by Crippen LogP contribution is -2.13. The van der Waals surface area contributed by atoms with E-state index in [9.17, 15) is 8.42 Å². The van der Waals surface area contributed by atoms with Gasteiger partial charge in [-0.1, -0.05) is 0 Å². The second-order valence-corrected chi connectivity index (χ2v) is 7.04. The number of ether oxygens (including phenoxy) is 2. The number of benzene rings is 2. The van der Waals surface area contributed by atoms with Gasteiger partial charge in [-0.15, -0.1) is 0 Å². The zero-order valence-corrected chi connectivity index (χ0v) is 15.3. The average molecular weight is 364 g/mol. The van der Waals surface area contributed by atoms with Gasteiger partial charge in [0.2, 0.25) is 0 Å². The third-order valence-corrected chi connectivity index (χ3v) is 4.83. The molecule has 0 atom stereocenters. The lowest BCUT2D eigenvalue weighted by atomic mass is 10.3. The standard InChI is InChI=1S/C18H24N2O4S/c1-3-24-17-9-11-18(12-10-17)25(21,22)20-16-7-5-15(6-8-16)19-13-4-14-23-2/h5-12,19-20H,3-4,13-14H2,1-2H3. The van der Waals surface area contributed by atoms with E-state index in [-0.39, 0.29) is 4.90 Å². The first kappa shape index (κ1) is 19.1. The van der Waals surface area contributed by atoms with Crippen molar-refractivity contribution >= 4 is 21.4 Å². The van der Waals surface area contributed by atoms with Gasteiger partial charge >= 0.3 is 0 Å². The van der Waals surface area contributed by atoms with Gasteiger partial charge < -0.3 is 14.8 Å². The molecule has 2 aromatic rings. The number of anilines is 2. The fourth-order valence-electron chi connectivity index (χ4n) is 2.20. The molecular formula is C18H24N2O4S. The van der Waals surface area contributed by atoms with Gasteiger partial charge in [0.05, 0.1) is 11.5 Å². The summed E-state index contributed by atoms with van der Waals surface area (Å²) in [6.45, 7) is 3.91. The first-order chi connectivity index (χ1) is 12.0. The zero-order valence-electron chi connectivity index (χ0n) is 14.5. The van der Waals surface area contributed by atoms with Crippen molar-refractivity contribution in [2.45, 2.75) is 18.2 Å². The van der Waals surface area contributed by atoms with Crippen LogP contribution in [0.25, 0.3) is 0 Å². The Morgan fingerprint density at radius 2 is 1.60 bits per heavy atom. The topological polar surface area (TPSA) is 76.7 Å². The molecule has 0 radical (unpaired) electrons. The Labute approximate surface area is 149 Å². The van der Waals surface area contributed by atoms with Gasteiger partial charge in [0, 0.05) is 31.6 Å². The Balaban J connectivity index is 1.97. The molecule has 0 aromatic heterocycles. The van der Waals surface area contributed by atoms with Gasteiger partial charge in [0.15, 0.2) is 0 Å². The molecule has 2 aromatic carbocycles. The molecule has 0 unspecified atom stereocenters. The Morgan fingerprint density at radius 1 is 0.960 bits per heavy atom. The van der Waals surface area contributed by atoms with Crippen molar-refractivity contribution in [3.8, 4) is 5.75 Å². The van der Waals surface area contributed by atoms with E-state index in [0.717, 1.165) is 18.7 Å². The summed E-state index contributed by atoms with van der Waals surface area (Å²) in [5, 5.41) is 3.25.